The molecule has 142 valence electrons. The van der Waals surface area contributed by atoms with Gasteiger partial charge >= 0.3 is 6.03 Å². The zero-order valence-electron chi connectivity index (χ0n) is 14.8. The number of carbonyl (C=O) groups is 1. The van der Waals surface area contributed by atoms with Gasteiger partial charge in [-0.3, -0.25) is 0 Å². The SMILES string of the molecule is CNS(=O)(=O)c1ccc(CNC(=O)NCCc2cn3ccccc3n2)cc1. The molecular formula is C18H21N5O3S. The van der Waals surface area contributed by atoms with E-state index in [1.807, 2.05) is 35.0 Å². The molecule has 8 nitrogen and oxygen atoms in total. The summed E-state index contributed by atoms with van der Waals surface area (Å²) in [6, 6.07) is 11.8. The monoisotopic (exact) mass is 387 g/mol. The van der Waals surface area contributed by atoms with Gasteiger partial charge in [-0.25, -0.2) is 22.9 Å². The number of imidazole rings is 1. The number of urea groups is 1. The van der Waals surface area contributed by atoms with Crippen LogP contribution >= 0.6 is 0 Å². The molecule has 0 spiro atoms. The van der Waals surface area contributed by atoms with E-state index in [0.29, 0.717) is 19.5 Å². The number of hydrogen-bond acceptors (Lipinski definition) is 4. The van der Waals surface area contributed by atoms with E-state index in [9.17, 15) is 13.2 Å². The van der Waals surface area contributed by atoms with Crippen LogP contribution in [0.1, 0.15) is 11.3 Å². The first kappa shape index (κ1) is 18.9. The van der Waals surface area contributed by atoms with Gasteiger partial charge in [0.05, 0.1) is 10.6 Å². The number of carbonyl (C=O) groups excluding carboxylic acids is 1. The number of hydrogen-bond donors (Lipinski definition) is 3. The number of aromatic nitrogens is 2. The van der Waals surface area contributed by atoms with E-state index in [1.165, 1.54) is 19.2 Å². The summed E-state index contributed by atoms with van der Waals surface area (Å²) in [6.45, 7) is 0.773. The molecular weight excluding hydrogens is 366 g/mol. The van der Waals surface area contributed by atoms with E-state index in [-0.39, 0.29) is 10.9 Å². The average Bonchev–Trinajstić information content (AvgIpc) is 3.09. The number of nitrogens with one attached hydrogen (secondary N) is 3. The number of benzene rings is 1. The lowest BCUT2D eigenvalue weighted by atomic mass is 10.2. The second-order valence-electron chi connectivity index (χ2n) is 5.91. The Morgan fingerprint density at radius 1 is 1.11 bits per heavy atom. The number of sulfonamides is 1. The highest BCUT2D eigenvalue weighted by Gasteiger charge is 2.10. The summed E-state index contributed by atoms with van der Waals surface area (Å²) in [7, 11) is -2.09. The number of pyridine rings is 1. The third-order valence-corrected chi connectivity index (χ3v) is 5.47. The molecule has 0 unspecified atom stereocenters. The van der Waals surface area contributed by atoms with Crippen molar-refractivity contribution in [2.24, 2.45) is 0 Å². The van der Waals surface area contributed by atoms with Crippen LogP contribution < -0.4 is 15.4 Å². The van der Waals surface area contributed by atoms with E-state index >= 15 is 0 Å². The van der Waals surface area contributed by atoms with Crippen LogP contribution in [0.25, 0.3) is 5.65 Å². The van der Waals surface area contributed by atoms with Gasteiger partial charge in [0.15, 0.2) is 0 Å². The minimum Gasteiger partial charge on any atom is -0.338 e. The van der Waals surface area contributed by atoms with E-state index in [1.54, 1.807) is 12.1 Å². The summed E-state index contributed by atoms with van der Waals surface area (Å²) in [6.07, 6.45) is 4.50. The first-order valence-corrected chi connectivity index (χ1v) is 9.93. The minimum absolute atomic E-state index is 0.186. The van der Waals surface area contributed by atoms with Gasteiger partial charge in [0.1, 0.15) is 5.65 Å². The normalized spacial score (nSPS) is 11.4. The number of rotatable bonds is 7. The zero-order chi connectivity index (χ0) is 19.3. The summed E-state index contributed by atoms with van der Waals surface area (Å²) in [5.41, 5.74) is 2.59. The van der Waals surface area contributed by atoms with Gasteiger partial charge in [0, 0.05) is 31.9 Å². The van der Waals surface area contributed by atoms with Crippen molar-refractivity contribution in [2.45, 2.75) is 17.9 Å². The van der Waals surface area contributed by atoms with E-state index in [4.69, 9.17) is 0 Å². The third kappa shape index (κ3) is 4.83. The highest BCUT2D eigenvalue weighted by atomic mass is 32.2. The number of nitrogens with zero attached hydrogens (tertiary/aromatic N) is 2. The Bertz CT molecular complexity index is 996. The van der Waals surface area contributed by atoms with Gasteiger partial charge in [-0.2, -0.15) is 0 Å². The van der Waals surface area contributed by atoms with Crippen LogP contribution in [0.2, 0.25) is 0 Å². The van der Waals surface area contributed by atoms with Crippen molar-refractivity contribution >= 4 is 21.7 Å². The second kappa shape index (κ2) is 8.19. The summed E-state index contributed by atoms with van der Waals surface area (Å²) in [5.74, 6) is 0. The molecule has 27 heavy (non-hydrogen) atoms. The topological polar surface area (TPSA) is 105 Å². The highest BCUT2D eigenvalue weighted by Crippen LogP contribution is 2.10. The van der Waals surface area contributed by atoms with Crippen LogP contribution in [-0.2, 0) is 23.0 Å². The molecule has 2 aromatic heterocycles. The lowest BCUT2D eigenvalue weighted by Crippen LogP contribution is -2.36. The average molecular weight is 387 g/mol. The molecule has 3 N–H and O–H groups in total. The second-order valence-corrected chi connectivity index (χ2v) is 7.80. The van der Waals surface area contributed by atoms with Crippen molar-refractivity contribution in [1.82, 2.24) is 24.7 Å². The molecule has 0 atom stereocenters. The van der Waals surface area contributed by atoms with Gasteiger partial charge in [0.2, 0.25) is 10.0 Å². The molecule has 0 fully saturated rings. The number of amides is 2. The molecule has 0 aliphatic carbocycles. The van der Waals surface area contributed by atoms with E-state index in [0.717, 1.165) is 16.9 Å². The summed E-state index contributed by atoms with van der Waals surface area (Å²) >= 11 is 0. The molecule has 0 radical (unpaired) electrons. The molecule has 2 heterocycles. The van der Waals surface area contributed by atoms with Gasteiger partial charge in [-0.05, 0) is 36.9 Å². The molecule has 0 saturated carbocycles. The fourth-order valence-corrected chi connectivity index (χ4v) is 3.29. The first-order chi connectivity index (χ1) is 13.0. The van der Waals surface area contributed by atoms with Crippen LogP contribution in [0.5, 0.6) is 0 Å². The maximum Gasteiger partial charge on any atom is 0.315 e. The standard InChI is InChI=1S/C18H21N5O3S/c1-19-27(25,26)16-7-5-14(6-8-16)12-21-18(24)20-10-9-15-13-23-11-3-2-4-17(23)22-15/h2-8,11,13,19H,9-10,12H2,1H3,(H2,20,21,24). The molecule has 0 saturated heterocycles. The summed E-state index contributed by atoms with van der Waals surface area (Å²) < 4.78 is 27.5. The van der Waals surface area contributed by atoms with Gasteiger partial charge in [-0.1, -0.05) is 18.2 Å². The minimum atomic E-state index is -3.45. The summed E-state index contributed by atoms with van der Waals surface area (Å²) in [5, 5.41) is 5.53. The van der Waals surface area contributed by atoms with Crippen molar-refractivity contribution in [2.75, 3.05) is 13.6 Å². The number of fused-ring (bicyclic) bond motifs is 1. The third-order valence-electron chi connectivity index (χ3n) is 4.04. The fraction of sp³-hybridized carbons (Fsp3) is 0.222. The van der Waals surface area contributed by atoms with Crippen molar-refractivity contribution in [3.05, 3.63) is 66.1 Å². The molecule has 9 heteroatoms. The molecule has 1 aromatic carbocycles. The maximum absolute atomic E-state index is 11.9. The highest BCUT2D eigenvalue weighted by molar-refractivity contribution is 7.89. The predicted molar refractivity (Wildman–Crippen MR) is 102 cm³/mol. The van der Waals surface area contributed by atoms with Crippen LogP contribution in [0.15, 0.2) is 59.8 Å². The Labute approximate surface area is 157 Å². The van der Waals surface area contributed by atoms with Gasteiger partial charge in [-0.15, -0.1) is 0 Å². The Morgan fingerprint density at radius 3 is 2.59 bits per heavy atom. The first-order valence-electron chi connectivity index (χ1n) is 8.45. The van der Waals surface area contributed by atoms with E-state index < -0.39 is 10.0 Å². The lowest BCUT2D eigenvalue weighted by molar-refractivity contribution is 0.240. The molecule has 0 bridgehead atoms. The quantitative estimate of drug-likeness (QED) is 0.568. The molecule has 3 rings (SSSR count). The Morgan fingerprint density at radius 2 is 1.89 bits per heavy atom. The summed E-state index contributed by atoms with van der Waals surface area (Å²) in [4.78, 5) is 16.6. The maximum atomic E-state index is 11.9. The van der Waals surface area contributed by atoms with Crippen LogP contribution in [-0.4, -0.2) is 37.4 Å². The van der Waals surface area contributed by atoms with E-state index in [2.05, 4.69) is 20.3 Å². The Kier molecular flexibility index (Phi) is 5.72. The molecule has 0 aliphatic rings. The molecule has 2 amide bonds. The van der Waals surface area contributed by atoms with Crippen molar-refractivity contribution in [1.29, 1.82) is 0 Å². The van der Waals surface area contributed by atoms with Gasteiger partial charge < -0.3 is 15.0 Å². The van der Waals surface area contributed by atoms with Crippen LogP contribution in [0, 0.1) is 0 Å². The van der Waals surface area contributed by atoms with Crippen molar-refractivity contribution < 1.29 is 13.2 Å². The Hall–Kier alpha value is -2.91. The zero-order valence-corrected chi connectivity index (χ0v) is 15.7. The van der Waals surface area contributed by atoms with Gasteiger partial charge in [0.25, 0.3) is 0 Å². The lowest BCUT2D eigenvalue weighted by Gasteiger charge is -2.08. The van der Waals surface area contributed by atoms with Crippen molar-refractivity contribution in [3.63, 3.8) is 0 Å². The Balaban J connectivity index is 1.44. The smallest absolute Gasteiger partial charge is 0.315 e. The largest absolute Gasteiger partial charge is 0.338 e. The molecule has 0 aliphatic heterocycles. The fourth-order valence-electron chi connectivity index (χ4n) is 2.56. The molecule has 3 aromatic rings. The predicted octanol–water partition coefficient (Wildman–Crippen LogP) is 1.28. The van der Waals surface area contributed by atoms with Crippen molar-refractivity contribution in [3.8, 4) is 0 Å². The van der Waals surface area contributed by atoms with Crippen LogP contribution in [0.3, 0.4) is 0 Å². The van der Waals surface area contributed by atoms with Crippen LogP contribution in [0.4, 0.5) is 4.79 Å².